The molecule has 0 heterocycles. The Morgan fingerprint density at radius 2 is 1.94 bits per heavy atom. The fraction of sp³-hybridized carbons (Fsp3) is 0.769. The normalized spacial score (nSPS) is 37.9. The molecule has 3 heteroatoms. The number of aliphatic hydroxyl groups is 1. The van der Waals surface area contributed by atoms with E-state index in [0.717, 1.165) is 32.1 Å². The molecule has 2 aliphatic carbocycles. The summed E-state index contributed by atoms with van der Waals surface area (Å²) in [7, 11) is 0. The molecule has 0 bridgehead atoms. The Bertz CT molecular complexity index is 300. The van der Waals surface area contributed by atoms with Gasteiger partial charge in [0.15, 0.2) is 0 Å². The van der Waals surface area contributed by atoms with Gasteiger partial charge in [0.25, 0.3) is 0 Å². The highest BCUT2D eigenvalue weighted by Crippen LogP contribution is 2.42. The average Bonchev–Trinajstić information content (AvgIpc) is 2.57. The highest BCUT2D eigenvalue weighted by molar-refractivity contribution is 5.92. The third kappa shape index (κ3) is 2.46. The Morgan fingerprint density at radius 1 is 1.25 bits per heavy atom. The van der Waals surface area contributed by atoms with Crippen molar-refractivity contribution in [1.29, 1.82) is 0 Å². The van der Waals surface area contributed by atoms with E-state index in [1.807, 2.05) is 0 Å². The fourth-order valence-corrected chi connectivity index (χ4v) is 3.16. The second-order valence-corrected chi connectivity index (χ2v) is 5.41. The predicted molar refractivity (Wildman–Crippen MR) is 62.8 cm³/mol. The molecule has 2 rings (SSSR count). The van der Waals surface area contributed by atoms with Gasteiger partial charge >= 0.3 is 0 Å². The molecule has 0 spiro atoms. The lowest BCUT2D eigenvalue weighted by molar-refractivity contribution is -0.118. The van der Waals surface area contributed by atoms with Gasteiger partial charge in [0, 0.05) is 11.6 Å². The summed E-state index contributed by atoms with van der Waals surface area (Å²) < 4.78 is 0. The fourth-order valence-electron chi connectivity index (χ4n) is 3.16. The van der Waals surface area contributed by atoms with Gasteiger partial charge in [0.1, 0.15) is 0 Å². The number of hydrogen-bond acceptors (Lipinski definition) is 2. The van der Waals surface area contributed by atoms with Crippen LogP contribution in [-0.4, -0.2) is 23.2 Å². The van der Waals surface area contributed by atoms with Gasteiger partial charge in [-0.15, -0.1) is 0 Å². The van der Waals surface area contributed by atoms with Crippen LogP contribution in [0, 0.1) is 11.8 Å². The molecule has 0 aromatic carbocycles. The van der Waals surface area contributed by atoms with Crippen LogP contribution < -0.4 is 5.32 Å². The lowest BCUT2D eigenvalue weighted by Crippen LogP contribution is -2.40. The first-order valence-electron chi connectivity index (χ1n) is 6.20. The van der Waals surface area contributed by atoms with Gasteiger partial charge in [-0.25, -0.2) is 0 Å². The van der Waals surface area contributed by atoms with Gasteiger partial charge in [-0.1, -0.05) is 6.58 Å². The Labute approximate surface area is 96.9 Å². The Balaban J connectivity index is 1.86. The van der Waals surface area contributed by atoms with Crippen molar-refractivity contribution in [3.63, 3.8) is 0 Å². The lowest BCUT2D eigenvalue weighted by atomic mass is 9.79. The third-order valence-corrected chi connectivity index (χ3v) is 4.01. The quantitative estimate of drug-likeness (QED) is 0.699. The molecule has 2 saturated carbocycles. The minimum atomic E-state index is -0.106. The molecule has 2 aliphatic rings. The second-order valence-electron chi connectivity index (χ2n) is 5.41. The van der Waals surface area contributed by atoms with Crippen molar-refractivity contribution >= 4 is 5.91 Å². The third-order valence-electron chi connectivity index (χ3n) is 4.01. The number of fused-ring (bicyclic) bond motifs is 1. The van der Waals surface area contributed by atoms with Crippen molar-refractivity contribution in [2.24, 2.45) is 11.8 Å². The maximum Gasteiger partial charge on any atom is 0.246 e. The monoisotopic (exact) mass is 223 g/mol. The van der Waals surface area contributed by atoms with Crippen LogP contribution in [-0.2, 0) is 4.79 Å². The van der Waals surface area contributed by atoms with E-state index in [9.17, 15) is 9.90 Å². The van der Waals surface area contributed by atoms with E-state index in [0.29, 0.717) is 17.4 Å². The van der Waals surface area contributed by atoms with Crippen LogP contribution >= 0.6 is 0 Å². The molecule has 0 radical (unpaired) electrons. The number of rotatable bonds is 2. The molecule has 3 nitrogen and oxygen atoms in total. The molecule has 0 saturated heterocycles. The van der Waals surface area contributed by atoms with Crippen LogP contribution in [0.15, 0.2) is 12.2 Å². The first-order chi connectivity index (χ1) is 7.56. The van der Waals surface area contributed by atoms with Crippen LogP contribution in [0.25, 0.3) is 0 Å². The minimum absolute atomic E-state index is 0.0259. The number of amides is 1. The highest BCUT2D eigenvalue weighted by atomic mass is 16.3. The summed E-state index contributed by atoms with van der Waals surface area (Å²) in [4.78, 5) is 11.5. The van der Waals surface area contributed by atoms with E-state index in [1.54, 1.807) is 6.92 Å². The number of carbonyl (C=O) groups is 1. The van der Waals surface area contributed by atoms with E-state index < -0.39 is 0 Å². The number of carbonyl (C=O) groups excluding carboxylic acids is 1. The molecule has 2 N–H and O–H groups in total. The zero-order chi connectivity index (χ0) is 11.7. The highest BCUT2D eigenvalue weighted by Gasteiger charge is 2.38. The summed E-state index contributed by atoms with van der Waals surface area (Å²) in [5.41, 5.74) is 0.577. The molecule has 0 aromatic heterocycles. The van der Waals surface area contributed by atoms with Crippen molar-refractivity contribution in [1.82, 2.24) is 5.32 Å². The first kappa shape index (κ1) is 11.6. The number of nitrogens with one attached hydrogen (secondary N) is 1. The maximum atomic E-state index is 11.5. The SMILES string of the molecule is C=C(C)C(=O)NC1CCC2CC(O)CC2C1. The summed E-state index contributed by atoms with van der Waals surface area (Å²) in [6.07, 6.45) is 5.00. The molecule has 1 amide bonds. The van der Waals surface area contributed by atoms with Crippen LogP contribution in [0.2, 0.25) is 0 Å². The summed E-state index contributed by atoms with van der Waals surface area (Å²) in [5, 5.41) is 12.6. The van der Waals surface area contributed by atoms with E-state index >= 15 is 0 Å². The van der Waals surface area contributed by atoms with Crippen LogP contribution in [0.1, 0.15) is 39.0 Å². The largest absolute Gasteiger partial charge is 0.393 e. The zero-order valence-corrected chi connectivity index (χ0v) is 9.91. The van der Waals surface area contributed by atoms with Crippen LogP contribution in [0.4, 0.5) is 0 Å². The molecule has 0 aliphatic heterocycles. The summed E-state index contributed by atoms with van der Waals surface area (Å²) in [6, 6.07) is 0.288. The summed E-state index contributed by atoms with van der Waals surface area (Å²) >= 11 is 0. The Hall–Kier alpha value is -0.830. The van der Waals surface area contributed by atoms with E-state index in [1.165, 1.54) is 0 Å². The van der Waals surface area contributed by atoms with E-state index in [4.69, 9.17) is 0 Å². The van der Waals surface area contributed by atoms with Gasteiger partial charge < -0.3 is 10.4 Å². The Kier molecular flexibility index (Phi) is 3.33. The van der Waals surface area contributed by atoms with Crippen molar-refractivity contribution < 1.29 is 9.90 Å². The van der Waals surface area contributed by atoms with Gasteiger partial charge in [-0.2, -0.15) is 0 Å². The lowest BCUT2D eigenvalue weighted by Gasteiger charge is -2.32. The molecule has 4 unspecified atom stereocenters. The smallest absolute Gasteiger partial charge is 0.246 e. The van der Waals surface area contributed by atoms with Crippen molar-refractivity contribution in [3.05, 3.63) is 12.2 Å². The molecular formula is C13H21NO2. The average molecular weight is 223 g/mol. The predicted octanol–water partition coefficient (Wildman–Crippen LogP) is 1.62. The standard InChI is InChI=1S/C13H21NO2/c1-8(2)13(16)14-11-4-3-9-6-12(15)7-10(9)5-11/h9-12,15H,1,3-7H2,2H3,(H,14,16). The van der Waals surface area contributed by atoms with Gasteiger partial charge in [0.05, 0.1) is 6.10 Å². The van der Waals surface area contributed by atoms with Crippen LogP contribution in [0.3, 0.4) is 0 Å². The summed E-state index contributed by atoms with van der Waals surface area (Å²) in [5.74, 6) is 1.27. The van der Waals surface area contributed by atoms with E-state index in [2.05, 4.69) is 11.9 Å². The minimum Gasteiger partial charge on any atom is -0.393 e. The zero-order valence-electron chi connectivity index (χ0n) is 9.91. The molecule has 2 fully saturated rings. The molecule has 16 heavy (non-hydrogen) atoms. The summed E-state index contributed by atoms with van der Waals surface area (Å²) in [6.45, 7) is 5.38. The molecule has 0 aromatic rings. The maximum absolute atomic E-state index is 11.5. The van der Waals surface area contributed by atoms with Gasteiger partial charge in [-0.05, 0) is 50.9 Å². The first-order valence-corrected chi connectivity index (χ1v) is 6.20. The molecule has 4 atom stereocenters. The van der Waals surface area contributed by atoms with Gasteiger partial charge in [0.2, 0.25) is 5.91 Å². The van der Waals surface area contributed by atoms with E-state index in [-0.39, 0.29) is 18.1 Å². The Morgan fingerprint density at radius 3 is 2.62 bits per heavy atom. The topological polar surface area (TPSA) is 49.3 Å². The van der Waals surface area contributed by atoms with Crippen molar-refractivity contribution in [2.75, 3.05) is 0 Å². The molecular weight excluding hydrogens is 202 g/mol. The molecule has 90 valence electrons. The van der Waals surface area contributed by atoms with Crippen molar-refractivity contribution in [3.8, 4) is 0 Å². The van der Waals surface area contributed by atoms with Gasteiger partial charge in [-0.3, -0.25) is 4.79 Å². The van der Waals surface area contributed by atoms with Crippen LogP contribution in [0.5, 0.6) is 0 Å². The van der Waals surface area contributed by atoms with Crippen molar-refractivity contribution in [2.45, 2.75) is 51.2 Å². The second kappa shape index (κ2) is 4.58. The number of aliphatic hydroxyl groups excluding tert-OH is 1. The number of hydrogen-bond donors (Lipinski definition) is 2.